The number of nitrogens with zero attached hydrogens (tertiary/aromatic N) is 5. The molecule has 0 atom stereocenters. The number of halogens is 1. The number of para-hydroxylation sites is 2. The molecule has 33 heavy (non-hydrogen) atoms. The van der Waals surface area contributed by atoms with E-state index in [9.17, 15) is 4.79 Å². The van der Waals surface area contributed by atoms with Crippen LogP contribution in [0.4, 0.5) is 5.82 Å². The number of carbonyl (C=O) groups excluding carboxylic acids is 1. The number of amides is 1. The molecule has 10 heteroatoms. The van der Waals surface area contributed by atoms with Gasteiger partial charge in [-0.05, 0) is 31.0 Å². The van der Waals surface area contributed by atoms with Crippen LogP contribution in [0.2, 0.25) is 0 Å². The summed E-state index contributed by atoms with van der Waals surface area (Å²) in [4.78, 5) is 22.8. The van der Waals surface area contributed by atoms with Crippen molar-refractivity contribution in [3.63, 3.8) is 0 Å². The number of fused-ring (bicyclic) bond motifs is 1. The van der Waals surface area contributed by atoms with Crippen molar-refractivity contribution in [2.24, 2.45) is 0 Å². The highest BCUT2D eigenvalue weighted by Crippen LogP contribution is 2.32. The molecule has 1 aliphatic rings. The van der Waals surface area contributed by atoms with Gasteiger partial charge in [0.1, 0.15) is 17.9 Å². The zero-order chi connectivity index (χ0) is 22.1. The topological polar surface area (TPSA) is 112 Å². The van der Waals surface area contributed by atoms with Crippen LogP contribution in [0, 0.1) is 0 Å². The van der Waals surface area contributed by atoms with E-state index in [4.69, 9.17) is 14.9 Å². The summed E-state index contributed by atoms with van der Waals surface area (Å²) in [5.41, 5.74) is 10.1. The van der Waals surface area contributed by atoms with Gasteiger partial charge in [-0.3, -0.25) is 9.48 Å². The number of pyridine rings is 1. The average Bonchev–Trinajstić information content (AvgIpc) is 3.47. The molecule has 1 fully saturated rings. The van der Waals surface area contributed by atoms with Gasteiger partial charge < -0.3 is 19.8 Å². The van der Waals surface area contributed by atoms with E-state index in [1.165, 1.54) is 7.11 Å². The lowest BCUT2D eigenvalue weighted by molar-refractivity contribution is -0.136. The molecule has 5 rings (SSSR count). The number of oxazole rings is 1. The van der Waals surface area contributed by atoms with Crippen LogP contribution in [-0.2, 0) is 9.53 Å². The van der Waals surface area contributed by atoms with E-state index in [0.717, 1.165) is 29.5 Å². The number of rotatable bonds is 5. The largest absolute Gasteiger partial charge is 0.436 e. The van der Waals surface area contributed by atoms with Crippen molar-refractivity contribution in [3.05, 3.63) is 48.9 Å². The lowest BCUT2D eigenvalue weighted by Crippen LogP contribution is -2.40. The summed E-state index contributed by atoms with van der Waals surface area (Å²) < 4.78 is 12.8. The third kappa shape index (κ3) is 4.55. The van der Waals surface area contributed by atoms with Crippen LogP contribution < -0.4 is 5.73 Å². The Morgan fingerprint density at radius 2 is 2.00 bits per heavy atom. The van der Waals surface area contributed by atoms with Gasteiger partial charge in [0.2, 0.25) is 11.8 Å². The molecule has 1 saturated heterocycles. The van der Waals surface area contributed by atoms with Crippen LogP contribution in [0.5, 0.6) is 0 Å². The highest BCUT2D eigenvalue weighted by atomic mass is 35.5. The first-order valence-corrected chi connectivity index (χ1v) is 10.5. The third-order valence-corrected chi connectivity index (χ3v) is 5.84. The van der Waals surface area contributed by atoms with Crippen molar-refractivity contribution in [2.45, 2.75) is 18.9 Å². The normalized spacial score (nSPS) is 14.4. The quantitative estimate of drug-likeness (QED) is 0.476. The molecule has 1 aliphatic heterocycles. The number of piperidine rings is 1. The lowest BCUT2D eigenvalue weighted by Gasteiger charge is -2.32. The lowest BCUT2D eigenvalue weighted by atomic mass is 10.0. The van der Waals surface area contributed by atoms with E-state index in [1.807, 2.05) is 52.3 Å². The molecule has 9 nitrogen and oxygen atoms in total. The van der Waals surface area contributed by atoms with E-state index in [-0.39, 0.29) is 31.0 Å². The molecule has 1 amide bonds. The van der Waals surface area contributed by atoms with Gasteiger partial charge in [-0.1, -0.05) is 12.1 Å². The zero-order valence-corrected chi connectivity index (χ0v) is 19.0. The number of benzene rings is 1. The maximum absolute atomic E-state index is 12.0. The zero-order valence-electron chi connectivity index (χ0n) is 18.2. The molecule has 172 valence electrons. The Bertz CT molecular complexity index is 1230. The Kier molecular flexibility index (Phi) is 6.62. The number of hydrogen-bond acceptors (Lipinski definition) is 7. The fourth-order valence-electron chi connectivity index (χ4n) is 4.07. The first kappa shape index (κ1) is 22.8. The minimum Gasteiger partial charge on any atom is -0.436 e. The number of carbonyl (C=O) groups is 1. The van der Waals surface area contributed by atoms with Crippen LogP contribution >= 0.6 is 12.4 Å². The van der Waals surface area contributed by atoms with E-state index >= 15 is 0 Å². The number of hydrogen-bond donors (Lipinski definition) is 1. The van der Waals surface area contributed by atoms with Crippen LogP contribution in [0.25, 0.3) is 33.7 Å². The number of nitrogen functional groups attached to an aromatic ring is 1. The maximum Gasteiger partial charge on any atom is 0.248 e. The summed E-state index contributed by atoms with van der Waals surface area (Å²) in [5.74, 6) is 0.839. The molecule has 0 bridgehead atoms. The van der Waals surface area contributed by atoms with Crippen molar-refractivity contribution < 1.29 is 13.9 Å². The molecule has 0 aliphatic carbocycles. The maximum atomic E-state index is 12.0. The molecule has 0 unspecified atom stereocenters. The molecular weight excluding hydrogens is 444 g/mol. The number of methoxy groups -OCH3 is 1. The van der Waals surface area contributed by atoms with E-state index < -0.39 is 0 Å². The van der Waals surface area contributed by atoms with Gasteiger partial charge in [-0.25, -0.2) is 9.97 Å². The van der Waals surface area contributed by atoms with Gasteiger partial charge in [0.05, 0.1) is 17.8 Å². The Labute approximate surface area is 197 Å². The van der Waals surface area contributed by atoms with Crippen LogP contribution in [0.15, 0.2) is 53.3 Å². The SMILES string of the molecule is COCC(=O)N1CCC(n2cc(-c3cnc(N)c(-c4nc5ccccc5o4)c3)cn2)CC1.Cl. The summed E-state index contributed by atoms with van der Waals surface area (Å²) in [7, 11) is 1.54. The predicted molar refractivity (Wildman–Crippen MR) is 127 cm³/mol. The molecule has 4 aromatic rings. The van der Waals surface area contributed by atoms with E-state index in [2.05, 4.69) is 15.1 Å². The van der Waals surface area contributed by atoms with E-state index in [1.54, 1.807) is 6.20 Å². The first-order chi connectivity index (χ1) is 15.6. The van der Waals surface area contributed by atoms with Crippen LogP contribution in [-0.4, -0.2) is 57.4 Å². The van der Waals surface area contributed by atoms with Crippen molar-refractivity contribution in [3.8, 4) is 22.6 Å². The highest BCUT2D eigenvalue weighted by Gasteiger charge is 2.24. The Morgan fingerprint density at radius 3 is 2.76 bits per heavy atom. The fraction of sp³-hybridized carbons (Fsp3) is 0.304. The minimum atomic E-state index is 0. The third-order valence-electron chi connectivity index (χ3n) is 5.84. The molecule has 0 spiro atoms. The molecular formula is C23H25ClN6O3. The van der Waals surface area contributed by atoms with Crippen molar-refractivity contribution in [1.82, 2.24) is 24.6 Å². The van der Waals surface area contributed by atoms with Gasteiger partial charge in [0, 0.05) is 43.7 Å². The monoisotopic (exact) mass is 468 g/mol. The van der Waals surface area contributed by atoms with E-state index in [0.29, 0.717) is 35.9 Å². The van der Waals surface area contributed by atoms with Crippen molar-refractivity contribution in [2.75, 3.05) is 32.5 Å². The summed E-state index contributed by atoms with van der Waals surface area (Å²) >= 11 is 0. The number of aromatic nitrogens is 4. The van der Waals surface area contributed by atoms with Crippen molar-refractivity contribution in [1.29, 1.82) is 0 Å². The van der Waals surface area contributed by atoms with Crippen molar-refractivity contribution >= 4 is 35.2 Å². The van der Waals surface area contributed by atoms with Gasteiger partial charge in [-0.2, -0.15) is 5.10 Å². The Hall–Kier alpha value is -3.43. The van der Waals surface area contributed by atoms with Crippen LogP contribution in [0.1, 0.15) is 18.9 Å². The highest BCUT2D eigenvalue weighted by molar-refractivity contribution is 5.85. The van der Waals surface area contributed by atoms with Gasteiger partial charge >= 0.3 is 0 Å². The second-order valence-electron chi connectivity index (χ2n) is 7.90. The fourth-order valence-corrected chi connectivity index (χ4v) is 4.07. The van der Waals surface area contributed by atoms with Gasteiger partial charge in [-0.15, -0.1) is 12.4 Å². The molecule has 3 aromatic heterocycles. The number of nitrogens with two attached hydrogens (primary N) is 1. The second kappa shape index (κ2) is 9.60. The molecule has 0 radical (unpaired) electrons. The van der Waals surface area contributed by atoms with Crippen LogP contribution in [0.3, 0.4) is 0 Å². The Balaban J connectivity index is 0.00000259. The Morgan fingerprint density at radius 1 is 1.21 bits per heavy atom. The van der Waals surface area contributed by atoms with Gasteiger partial charge in [0.25, 0.3) is 0 Å². The first-order valence-electron chi connectivity index (χ1n) is 10.5. The second-order valence-corrected chi connectivity index (χ2v) is 7.90. The van der Waals surface area contributed by atoms with Gasteiger partial charge in [0.15, 0.2) is 5.58 Å². The average molecular weight is 469 g/mol. The summed E-state index contributed by atoms with van der Waals surface area (Å²) in [6.07, 6.45) is 7.27. The molecule has 1 aromatic carbocycles. The summed E-state index contributed by atoms with van der Waals surface area (Å²) in [6, 6.07) is 9.76. The number of anilines is 1. The number of likely N-dealkylation sites (tertiary alicyclic amines) is 1. The predicted octanol–water partition coefficient (Wildman–Crippen LogP) is 3.57. The minimum absolute atomic E-state index is 0. The standard InChI is InChI=1S/C23H24N6O3.ClH/c1-31-14-21(30)28-8-6-17(7-9-28)29-13-16(12-26-29)15-10-18(22(24)25-11-15)23-27-19-4-2-3-5-20(19)32-23;/h2-5,10-13,17H,6-9,14H2,1H3,(H2,24,25);1H. The molecule has 2 N–H and O–H groups in total. The molecule has 0 saturated carbocycles. The number of ether oxygens (including phenoxy) is 1. The smallest absolute Gasteiger partial charge is 0.248 e. The summed E-state index contributed by atoms with van der Waals surface area (Å²) in [5, 5.41) is 4.57. The summed E-state index contributed by atoms with van der Waals surface area (Å²) in [6.45, 7) is 1.53. The molecule has 4 heterocycles.